The molecular weight excluding hydrogens is 346 g/mol. The van der Waals surface area contributed by atoms with Gasteiger partial charge in [0.25, 0.3) is 6.43 Å². The first-order valence-corrected chi connectivity index (χ1v) is 9.24. The average molecular weight is 381 g/mol. The van der Waals surface area contributed by atoms with Crippen molar-refractivity contribution in [2.24, 2.45) is 4.99 Å². The SMILES string of the molecule is C=C(NCC)C(/C=C(\C=C/CC)C(=N/C)/C(C)=C(C)C)=C(/C)OCC(F)F. The maximum absolute atomic E-state index is 12.6. The van der Waals surface area contributed by atoms with Gasteiger partial charge in [0.2, 0.25) is 0 Å². The molecule has 0 saturated carbocycles. The number of alkyl halides is 2. The highest BCUT2D eigenvalue weighted by atomic mass is 19.3. The van der Waals surface area contributed by atoms with E-state index in [4.69, 9.17) is 4.74 Å². The predicted octanol–water partition coefficient (Wildman–Crippen LogP) is 5.99. The van der Waals surface area contributed by atoms with E-state index in [2.05, 4.69) is 23.8 Å². The second kappa shape index (κ2) is 13.1. The molecule has 0 bridgehead atoms. The standard InChI is InChI=1S/C22H34F2N2O/c1-9-11-12-19(22(25-8)16(5)15(3)4)13-20(17(6)26-10-2)18(7)27-14-21(23)24/h11-13,21,26H,6,9-10,14H2,1-5,7-8H3/b12-11-,19-13+,20-18-,25-22+. The van der Waals surface area contributed by atoms with Gasteiger partial charge < -0.3 is 10.1 Å². The van der Waals surface area contributed by atoms with Crippen molar-refractivity contribution in [3.63, 3.8) is 0 Å². The molecule has 0 amide bonds. The van der Waals surface area contributed by atoms with E-state index in [1.165, 1.54) is 0 Å². The van der Waals surface area contributed by atoms with Crippen LogP contribution in [0.4, 0.5) is 8.78 Å². The fourth-order valence-electron chi connectivity index (χ4n) is 2.32. The van der Waals surface area contributed by atoms with Crippen LogP contribution in [0.5, 0.6) is 0 Å². The average Bonchev–Trinajstić information content (AvgIpc) is 2.61. The normalized spacial score (nSPS) is 13.7. The van der Waals surface area contributed by atoms with Gasteiger partial charge >= 0.3 is 0 Å². The summed E-state index contributed by atoms with van der Waals surface area (Å²) in [4.78, 5) is 4.46. The van der Waals surface area contributed by atoms with Crippen molar-refractivity contribution in [1.29, 1.82) is 0 Å². The van der Waals surface area contributed by atoms with Gasteiger partial charge in [0, 0.05) is 30.4 Å². The van der Waals surface area contributed by atoms with Gasteiger partial charge in [-0.2, -0.15) is 0 Å². The van der Waals surface area contributed by atoms with Gasteiger partial charge in [-0.3, -0.25) is 4.99 Å². The Morgan fingerprint density at radius 2 is 1.81 bits per heavy atom. The summed E-state index contributed by atoms with van der Waals surface area (Å²) in [5.74, 6) is 0.397. The summed E-state index contributed by atoms with van der Waals surface area (Å²) in [6.45, 7) is 15.8. The summed E-state index contributed by atoms with van der Waals surface area (Å²) in [5, 5.41) is 3.14. The Kier molecular flexibility index (Phi) is 12.0. The zero-order valence-electron chi connectivity index (χ0n) is 17.7. The zero-order chi connectivity index (χ0) is 21.0. The topological polar surface area (TPSA) is 33.6 Å². The first-order valence-electron chi connectivity index (χ1n) is 9.24. The smallest absolute Gasteiger partial charge is 0.272 e. The van der Waals surface area contributed by atoms with Crippen molar-refractivity contribution in [2.75, 3.05) is 20.2 Å². The molecule has 1 N–H and O–H groups in total. The number of nitrogens with zero attached hydrogens (tertiary/aromatic N) is 1. The Bertz CT molecular complexity index is 649. The van der Waals surface area contributed by atoms with E-state index in [1.807, 2.05) is 45.9 Å². The largest absolute Gasteiger partial charge is 0.492 e. The Balaban J connectivity index is 6.38. The third kappa shape index (κ3) is 8.85. The molecule has 0 unspecified atom stereocenters. The lowest BCUT2D eigenvalue weighted by Crippen LogP contribution is -2.15. The molecule has 0 aromatic carbocycles. The van der Waals surface area contributed by atoms with E-state index in [0.717, 1.165) is 28.9 Å². The van der Waals surface area contributed by atoms with E-state index in [1.54, 1.807) is 14.0 Å². The minimum Gasteiger partial charge on any atom is -0.492 e. The van der Waals surface area contributed by atoms with Crippen LogP contribution in [0.1, 0.15) is 48.0 Å². The van der Waals surface area contributed by atoms with Gasteiger partial charge in [-0.25, -0.2) is 8.78 Å². The fraction of sp³-hybridized carbons (Fsp3) is 0.500. The van der Waals surface area contributed by atoms with E-state index in [9.17, 15) is 8.78 Å². The lowest BCUT2D eigenvalue weighted by Gasteiger charge is -2.16. The molecule has 0 saturated heterocycles. The highest BCUT2D eigenvalue weighted by Crippen LogP contribution is 2.21. The Hall–Kier alpha value is -2.17. The van der Waals surface area contributed by atoms with E-state index < -0.39 is 13.0 Å². The molecule has 5 heteroatoms. The molecule has 0 atom stereocenters. The highest BCUT2D eigenvalue weighted by molar-refractivity contribution is 6.14. The quantitative estimate of drug-likeness (QED) is 0.271. The molecule has 0 aliphatic rings. The molecule has 0 rings (SSSR count). The van der Waals surface area contributed by atoms with Crippen molar-refractivity contribution in [2.45, 2.75) is 54.4 Å². The monoisotopic (exact) mass is 380 g/mol. The van der Waals surface area contributed by atoms with Crippen molar-refractivity contribution in [1.82, 2.24) is 5.32 Å². The van der Waals surface area contributed by atoms with Gasteiger partial charge in [-0.05, 0) is 52.7 Å². The highest BCUT2D eigenvalue weighted by Gasteiger charge is 2.13. The zero-order valence-corrected chi connectivity index (χ0v) is 17.7. The van der Waals surface area contributed by atoms with Gasteiger partial charge in [0.1, 0.15) is 12.4 Å². The summed E-state index contributed by atoms with van der Waals surface area (Å²) in [6.07, 6.45) is 4.27. The summed E-state index contributed by atoms with van der Waals surface area (Å²) in [6, 6.07) is 0. The molecule has 152 valence electrons. The van der Waals surface area contributed by atoms with Crippen molar-refractivity contribution < 1.29 is 13.5 Å². The number of likely N-dealkylation sites (N-methyl/N-ethyl adjacent to an activating group) is 1. The first kappa shape index (κ1) is 24.8. The lowest BCUT2D eigenvalue weighted by atomic mass is 9.96. The summed E-state index contributed by atoms with van der Waals surface area (Å²) >= 11 is 0. The molecule has 0 spiro atoms. The number of rotatable bonds is 11. The number of hydrogen-bond acceptors (Lipinski definition) is 3. The Labute approximate surface area is 163 Å². The van der Waals surface area contributed by atoms with Crippen LogP contribution in [-0.2, 0) is 4.74 Å². The van der Waals surface area contributed by atoms with Crippen LogP contribution >= 0.6 is 0 Å². The van der Waals surface area contributed by atoms with Crippen molar-refractivity contribution in [3.8, 4) is 0 Å². The molecular formula is C22H34F2N2O. The van der Waals surface area contributed by atoms with Gasteiger partial charge in [-0.15, -0.1) is 0 Å². The first-order chi connectivity index (χ1) is 12.7. The Morgan fingerprint density at radius 3 is 2.26 bits per heavy atom. The summed E-state index contributed by atoms with van der Waals surface area (Å²) < 4.78 is 30.4. The number of allylic oxidation sites excluding steroid dienone is 7. The van der Waals surface area contributed by atoms with Crippen LogP contribution < -0.4 is 5.32 Å². The number of halogens is 2. The van der Waals surface area contributed by atoms with Crippen LogP contribution in [0.25, 0.3) is 0 Å². The second-order valence-electron chi connectivity index (χ2n) is 6.29. The van der Waals surface area contributed by atoms with Crippen LogP contribution in [0.15, 0.2) is 63.5 Å². The van der Waals surface area contributed by atoms with E-state index >= 15 is 0 Å². The summed E-state index contributed by atoms with van der Waals surface area (Å²) in [5.41, 5.74) is 5.24. The molecule has 3 nitrogen and oxygen atoms in total. The fourth-order valence-corrected chi connectivity index (χ4v) is 2.32. The predicted molar refractivity (Wildman–Crippen MR) is 112 cm³/mol. The van der Waals surface area contributed by atoms with Crippen LogP contribution in [0.3, 0.4) is 0 Å². The summed E-state index contributed by atoms with van der Waals surface area (Å²) in [7, 11) is 1.75. The van der Waals surface area contributed by atoms with Gasteiger partial charge in [-0.1, -0.05) is 31.2 Å². The molecule has 0 aliphatic carbocycles. The van der Waals surface area contributed by atoms with E-state index in [0.29, 0.717) is 23.6 Å². The molecule has 0 aromatic rings. The number of hydrogen-bond donors (Lipinski definition) is 1. The third-order valence-corrected chi connectivity index (χ3v) is 3.96. The Morgan fingerprint density at radius 1 is 1.19 bits per heavy atom. The molecule has 0 aliphatic heterocycles. The maximum atomic E-state index is 12.6. The molecule has 27 heavy (non-hydrogen) atoms. The number of nitrogens with one attached hydrogen (secondary N) is 1. The van der Waals surface area contributed by atoms with Gasteiger partial charge in [0.15, 0.2) is 0 Å². The molecule has 0 radical (unpaired) electrons. The van der Waals surface area contributed by atoms with Crippen molar-refractivity contribution in [3.05, 3.63) is 58.6 Å². The van der Waals surface area contributed by atoms with Crippen LogP contribution in [0, 0.1) is 0 Å². The third-order valence-electron chi connectivity index (χ3n) is 3.96. The van der Waals surface area contributed by atoms with Gasteiger partial charge in [0.05, 0.1) is 5.71 Å². The second-order valence-corrected chi connectivity index (χ2v) is 6.29. The molecule has 0 heterocycles. The minimum atomic E-state index is -2.53. The van der Waals surface area contributed by atoms with E-state index in [-0.39, 0.29) is 0 Å². The molecule has 0 fully saturated rings. The van der Waals surface area contributed by atoms with Crippen molar-refractivity contribution >= 4 is 5.71 Å². The number of ether oxygens (including phenoxy) is 1. The lowest BCUT2D eigenvalue weighted by molar-refractivity contribution is 0.0487. The van der Waals surface area contributed by atoms with Crippen LogP contribution in [-0.4, -0.2) is 32.3 Å². The minimum absolute atomic E-state index is 0.397. The van der Waals surface area contributed by atoms with Crippen LogP contribution in [0.2, 0.25) is 0 Å². The maximum Gasteiger partial charge on any atom is 0.272 e. The molecule has 0 aromatic heterocycles. The number of aliphatic imine (C=N–C) groups is 1.